The lowest BCUT2D eigenvalue weighted by atomic mass is 9.73. The second kappa shape index (κ2) is 10.3. The number of amides is 1. The van der Waals surface area contributed by atoms with Gasteiger partial charge in [-0.05, 0) is 49.6 Å². The summed E-state index contributed by atoms with van der Waals surface area (Å²) in [5, 5.41) is 3.13. The fraction of sp³-hybridized carbons (Fsp3) is 0.480. The van der Waals surface area contributed by atoms with Gasteiger partial charge in [-0.1, -0.05) is 29.8 Å². The Morgan fingerprint density at radius 1 is 1.03 bits per heavy atom. The van der Waals surface area contributed by atoms with Gasteiger partial charge in [0.25, 0.3) is 0 Å². The third kappa shape index (κ3) is 5.45. The van der Waals surface area contributed by atoms with Crippen LogP contribution >= 0.6 is 0 Å². The Labute approximate surface area is 184 Å². The monoisotopic (exact) mass is 424 g/mol. The molecule has 2 aromatic rings. The molecule has 1 amide bonds. The predicted molar refractivity (Wildman–Crippen MR) is 121 cm³/mol. The molecule has 2 aromatic carbocycles. The van der Waals surface area contributed by atoms with E-state index in [1.54, 1.807) is 0 Å². The Kier molecular flexibility index (Phi) is 7.22. The van der Waals surface area contributed by atoms with Gasteiger partial charge in [-0.2, -0.15) is 0 Å². The zero-order valence-corrected chi connectivity index (χ0v) is 18.3. The summed E-state index contributed by atoms with van der Waals surface area (Å²) in [4.78, 5) is 15.8. The van der Waals surface area contributed by atoms with Crippen LogP contribution in [0.1, 0.15) is 24.0 Å². The van der Waals surface area contributed by atoms with E-state index in [4.69, 9.17) is 14.2 Å². The molecule has 2 aliphatic rings. The fourth-order valence-electron chi connectivity index (χ4n) is 4.31. The Bertz CT molecular complexity index is 856. The largest absolute Gasteiger partial charge is 0.492 e. The molecule has 6 heteroatoms. The van der Waals surface area contributed by atoms with Gasteiger partial charge >= 0.3 is 0 Å². The lowest BCUT2D eigenvalue weighted by molar-refractivity contribution is -0.125. The molecule has 0 atom stereocenters. The van der Waals surface area contributed by atoms with Gasteiger partial charge in [0.1, 0.15) is 12.4 Å². The van der Waals surface area contributed by atoms with Gasteiger partial charge < -0.3 is 19.5 Å². The number of anilines is 1. The van der Waals surface area contributed by atoms with Crippen molar-refractivity contribution in [3.05, 3.63) is 59.7 Å². The molecular formula is C25H32N2O4. The topological polar surface area (TPSA) is 60.0 Å². The lowest BCUT2D eigenvalue weighted by Gasteiger charge is -2.36. The molecule has 0 unspecified atom stereocenters. The first kappa shape index (κ1) is 21.8. The number of morpholine rings is 1. The van der Waals surface area contributed by atoms with Crippen molar-refractivity contribution in [2.24, 2.45) is 0 Å². The van der Waals surface area contributed by atoms with Crippen molar-refractivity contribution < 1.29 is 19.0 Å². The van der Waals surface area contributed by atoms with Gasteiger partial charge in [-0.25, -0.2) is 0 Å². The maximum absolute atomic E-state index is 13.4. The van der Waals surface area contributed by atoms with Gasteiger partial charge in [0, 0.05) is 38.5 Å². The molecule has 31 heavy (non-hydrogen) atoms. The molecule has 0 saturated carbocycles. The standard InChI is InChI=1S/C25H32N2O4/c1-20-3-2-4-21(19-20)25(9-14-29-15-10-25)24(28)26-22-5-7-23(8-6-22)31-18-13-27-11-16-30-17-12-27/h2-8,19H,9-18H2,1H3,(H,26,28). The summed E-state index contributed by atoms with van der Waals surface area (Å²) in [5.74, 6) is 0.841. The van der Waals surface area contributed by atoms with Crippen LogP contribution in [0, 0.1) is 6.92 Å². The first-order valence-electron chi connectivity index (χ1n) is 11.2. The van der Waals surface area contributed by atoms with Crippen molar-refractivity contribution in [3.63, 3.8) is 0 Å². The van der Waals surface area contributed by atoms with E-state index >= 15 is 0 Å². The second-order valence-electron chi connectivity index (χ2n) is 8.34. The van der Waals surface area contributed by atoms with Crippen LogP contribution < -0.4 is 10.1 Å². The number of aryl methyl sites for hydroxylation is 1. The highest BCUT2D eigenvalue weighted by molar-refractivity contribution is 5.99. The minimum absolute atomic E-state index is 0.0300. The van der Waals surface area contributed by atoms with Crippen LogP contribution in [0.5, 0.6) is 5.75 Å². The summed E-state index contributed by atoms with van der Waals surface area (Å²) in [7, 11) is 0. The van der Waals surface area contributed by atoms with Gasteiger partial charge in [0.15, 0.2) is 0 Å². The molecule has 6 nitrogen and oxygen atoms in total. The SMILES string of the molecule is Cc1cccc(C2(C(=O)Nc3ccc(OCCN4CCOCC4)cc3)CCOCC2)c1. The average Bonchev–Trinajstić information content (AvgIpc) is 2.81. The van der Waals surface area contributed by atoms with Crippen molar-refractivity contribution >= 4 is 11.6 Å². The lowest BCUT2D eigenvalue weighted by Crippen LogP contribution is -2.44. The number of rotatable bonds is 7. The molecule has 2 heterocycles. The molecule has 4 rings (SSSR count). The van der Waals surface area contributed by atoms with Crippen LogP contribution in [-0.4, -0.2) is 63.5 Å². The third-order valence-corrected chi connectivity index (χ3v) is 6.24. The Morgan fingerprint density at radius 3 is 2.45 bits per heavy atom. The molecule has 2 saturated heterocycles. The zero-order chi connectivity index (χ0) is 21.5. The summed E-state index contributed by atoms with van der Waals surface area (Å²) in [6.45, 7) is 8.30. The van der Waals surface area contributed by atoms with E-state index in [1.807, 2.05) is 30.3 Å². The zero-order valence-electron chi connectivity index (χ0n) is 18.3. The highest BCUT2D eigenvalue weighted by atomic mass is 16.5. The molecule has 2 aliphatic heterocycles. The number of hydrogen-bond donors (Lipinski definition) is 1. The quantitative estimate of drug-likeness (QED) is 0.738. The first-order valence-corrected chi connectivity index (χ1v) is 11.2. The molecule has 0 bridgehead atoms. The Morgan fingerprint density at radius 2 is 1.74 bits per heavy atom. The van der Waals surface area contributed by atoms with E-state index in [0.29, 0.717) is 32.7 Å². The van der Waals surface area contributed by atoms with Crippen LogP contribution in [0.3, 0.4) is 0 Å². The van der Waals surface area contributed by atoms with Crippen molar-refractivity contribution in [1.29, 1.82) is 0 Å². The van der Waals surface area contributed by atoms with E-state index < -0.39 is 5.41 Å². The van der Waals surface area contributed by atoms with E-state index in [9.17, 15) is 4.79 Å². The smallest absolute Gasteiger partial charge is 0.235 e. The molecule has 1 N–H and O–H groups in total. The Balaban J connectivity index is 1.37. The van der Waals surface area contributed by atoms with Crippen molar-refractivity contribution in [2.45, 2.75) is 25.2 Å². The van der Waals surface area contributed by atoms with Gasteiger partial charge in [0.05, 0.1) is 18.6 Å². The predicted octanol–water partition coefficient (Wildman–Crippen LogP) is 3.39. The highest BCUT2D eigenvalue weighted by Crippen LogP contribution is 2.36. The molecule has 166 valence electrons. The molecule has 2 fully saturated rings. The number of ether oxygens (including phenoxy) is 3. The summed E-state index contributed by atoms with van der Waals surface area (Å²) < 4.78 is 16.8. The maximum Gasteiger partial charge on any atom is 0.235 e. The summed E-state index contributed by atoms with van der Waals surface area (Å²) in [5.41, 5.74) is 2.45. The number of carbonyl (C=O) groups is 1. The molecule has 0 radical (unpaired) electrons. The number of nitrogens with zero attached hydrogens (tertiary/aromatic N) is 1. The van der Waals surface area contributed by atoms with Crippen molar-refractivity contribution in [3.8, 4) is 5.75 Å². The number of nitrogens with one attached hydrogen (secondary N) is 1. The molecular weight excluding hydrogens is 392 g/mol. The van der Waals surface area contributed by atoms with Crippen molar-refractivity contribution in [1.82, 2.24) is 4.90 Å². The third-order valence-electron chi connectivity index (χ3n) is 6.24. The van der Waals surface area contributed by atoms with Crippen LogP contribution in [-0.2, 0) is 19.7 Å². The second-order valence-corrected chi connectivity index (χ2v) is 8.34. The number of hydrogen-bond acceptors (Lipinski definition) is 5. The van der Waals surface area contributed by atoms with Crippen molar-refractivity contribution in [2.75, 3.05) is 58.0 Å². The van der Waals surface area contributed by atoms with Crippen LogP contribution in [0.15, 0.2) is 48.5 Å². The van der Waals surface area contributed by atoms with Gasteiger partial charge in [-0.3, -0.25) is 9.69 Å². The minimum atomic E-state index is -0.558. The summed E-state index contributed by atoms with van der Waals surface area (Å²) in [6, 6.07) is 15.9. The van der Waals surface area contributed by atoms with E-state index in [-0.39, 0.29) is 5.91 Å². The summed E-state index contributed by atoms with van der Waals surface area (Å²) in [6.07, 6.45) is 1.37. The Hall–Kier alpha value is -2.41. The van der Waals surface area contributed by atoms with E-state index in [2.05, 4.69) is 35.3 Å². The van der Waals surface area contributed by atoms with Crippen LogP contribution in [0.25, 0.3) is 0 Å². The highest BCUT2D eigenvalue weighted by Gasteiger charge is 2.41. The van der Waals surface area contributed by atoms with Gasteiger partial charge in [0.2, 0.25) is 5.91 Å². The average molecular weight is 425 g/mol. The number of benzene rings is 2. The molecule has 0 spiro atoms. The number of carbonyl (C=O) groups excluding carboxylic acids is 1. The maximum atomic E-state index is 13.4. The van der Waals surface area contributed by atoms with E-state index in [0.717, 1.165) is 55.4 Å². The van der Waals surface area contributed by atoms with E-state index in [1.165, 1.54) is 0 Å². The fourth-order valence-corrected chi connectivity index (χ4v) is 4.31. The molecule has 0 aliphatic carbocycles. The first-order chi connectivity index (χ1) is 15.2. The summed E-state index contributed by atoms with van der Waals surface area (Å²) >= 11 is 0. The minimum Gasteiger partial charge on any atom is -0.492 e. The van der Waals surface area contributed by atoms with Crippen LogP contribution in [0.2, 0.25) is 0 Å². The van der Waals surface area contributed by atoms with Gasteiger partial charge in [-0.15, -0.1) is 0 Å². The van der Waals surface area contributed by atoms with Crippen LogP contribution in [0.4, 0.5) is 5.69 Å². The normalized spacial score (nSPS) is 19.0. The molecule has 0 aromatic heterocycles.